The molecular formula is C41H48NO9. The van der Waals surface area contributed by atoms with Gasteiger partial charge in [-0.25, -0.2) is 0 Å². The lowest BCUT2D eigenvalue weighted by atomic mass is 9.73. The van der Waals surface area contributed by atoms with E-state index in [1.165, 1.54) is 0 Å². The van der Waals surface area contributed by atoms with Crippen molar-refractivity contribution in [1.29, 1.82) is 0 Å². The van der Waals surface area contributed by atoms with E-state index in [4.69, 9.17) is 23.8 Å². The van der Waals surface area contributed by atoms with E-state index >= 15 is 0 Å². The zero-order chi connectivity index (χ0) is 36.1. The Balaban J connectivity index is 1.42. The Kier molecular flexibility index (Phi) is 14.1. The van der Waals surface area contributed by atoms with E-state index in [0.29, 0.717) is 31.8 Å². The van der Waals surface area contributed by atoms with Crippen LogP contribution in [0.15, 0.2) is 102 Å². The van der Waals surface area contributed by atoms with Crippen LogP contribution in [-0.2, 0) is 58.0 Å². The first-order chi connectivity index (χ1) is 24.7. The lowest BCUT2D eigenvalue weighted by Crippen LogP contribution is -2.57. The molecule has 1 aliphatic carbocycles. The topological polar surface area (TPSA) is 130 Å². The summed E-state index contributed by atoms with van der Waals surface area (Å²) in [7, 11) is 0. The monoisotopic (exact) mass is 698 g/mol. The molecule has 1 saturated heterocycles. The van der Waals surface area contributed by atoms with Crippen LogP contribution in [-0.4, -0.2) is 53.7 Å². The number of ketones is 2. The van der Waals surface area contributed by atoms with Gasteiger partial charge in [-0.1, -0.05) is 105 Å². The largest absolute Gasteiger partial charge is 0.481 e. The lowest BCUT2D eigenvalue weighted by molar-refractivity contribution is -0.236. The van der Waals surface area contributed by atoms with E-state index in [2.05, 4.69) is 5.48 Å². The smallest absolute Gasteiger partial charge is 0.303 e. The van der Waals surface area contributed by atoms with Crippen LogP contribution in [0.1, 0.15) is 69.1 Å². The molecule has 0 spiro atoms. The summed E-state index contributed by atoms with van der Waals surface area (Å²) in [5, 5.41) is 9.20. The Labute approximate surface area is 300 Å². The number of aliphatic carboxylic acids is 1. The Morgan fingerprint density at radius 1 is 0.765 bits per heavy atom. The summed E-state index contributed by atoms with van der Waals surface area (Å²) in [6.07, 6.45) is -1.39. The summed E-state index contributed by atoms with van der Waals surface area (Å²) in [6, 6.07) is 29.3. The van der Waals surface area contributed by atoms with Crippen molar-refractivity contribution in [2.24, 2.45) is 5.41 Å². The summed E-state index contributed by atoms with van der Waals surface area (Å²) in [4.78, 5) is 44.5. The van der Waals surface area contributed by atoms with Crippen molar-refractivity contribution in [3.05, 3.63) is 126 Å². The lowest BCUT2D eigenvalue weighted by Gasteiger charge is -2.41. The van der Waals surface area contributed by atoms with Gasteiger partial charge in [0.25, 0.3) is 0 Å². The zero-order valence-corrected chi connectivity index (χ0v) is 29.3. The van der Waals surface area contributed by atoms with Crippen molar-refractivity contribution >= 4 is 17.5 Å². The van der Waals surface area contributed by atoms with Crippen LogP contribution in [0.4, 0.5) is 0 Å². The first-order valence-corrected chi connectivity index (χ1v) is 17.5. The highest BCUT2D eigenvalue weighted by Gasteiger charge is 2.45. The number of unbranched alkanes of at least 4 members (excludes halogenated alkanes) is 1. The number of carbonyl (C=O) groups is 3. The number of nitrogens with one attached hydrogen (secondary N) is 1. The second kappa shape index (κ2) is 18.9. The van der Waals surface area contributed by atoms with E-state index in [1.807, 2.05) is 105 Å². The van der Waals surface area contributed by atoms with Gasteiger partial charge in [0.15, 0.2) is 11.6 Å². The van der Waals surface area contributed by atoms with Gasteiger partial charge >= 0.3 is 5.97 Å². The number of carboxylic acid groups (broad SMARTS) is 1. The predicted molar refractivity (Wildman–Crippen MR) is 189 cm³/mol. The van der Waals surface area contributed by atoms with Gasteiger partial charge in [-0.15, -0.1) is 0 Å². The fraction of sp³-hybridized carbons (Fsp3) is 0.415. The van der Waals surface area contributed by atoms with Crippen LogP contribution in [0.5, 0.6) is 0 Å². The molecule has 2 aliphatic rings. The highest BCUT2D eigenvalue weighted by Crippen LogP contribution is 2.35. The molecule has 1 saturated carbocycles. The molecule has 3 aromatic rings. The van der Waals surface area contributed by atoms with Crippen molar-refractivity contribution < 1.29 is 43.3 Å². The number of carboxylic acids is 1. The van der Waals surface area contributed by atoms with E-state index in [-0.39, 0.29) is 56.0 Å². The maximum atomic E-state index is 13.4. The first kappa shape index (κ1) is 38.1. The van der Waals surface area contributed by atoms with E-state index in [9.17, 15) is 19.5 Å². The molecule has 3 aromatic carbocycles. The standard InChI is InChI=1S/C41H48NO9/c1-41(2)22-33(43)38(34(44)23-41)32(20-12-13-21-37(45)46)42-51-40-35(27-47-24-29-14-6-3-7-15-29)49-28-36(48-25-30-16-8-4-9-17-30)39(40)50-26-31-18-10-5-11-19-31/h3-11,14-19,28,35-36,39-40,42H,12-13,20-27H2,1-2H3,(H,45,46)/t35-,36+,39-,40+/m1/s1. The normalized spacial score (nSPS) is 21.7. The summed E-state index contributed by atoms with van der Waals surface area (Å²) in [5.74, 6) is -1.44. The van der Waals surface area contributed by atoms with Gasteiger partial charge < -0.3 is 24.1 Å². The van der Waals surface area contributed by atoms with Crippen molar-refractivity contribution in [1.82, 2.24) is 5.48 Å². The van der Waals surface area contributed by atoms with Crippen LogP contribution in [0, 0.1) is 12.0 Å². The Bertz CT molecular complexity index is 1570. The van der Waals surface area contributed by atoms with Crippen LogP contribution in [0.2, 0.25) is 0 Å². The van der Waals surface area contributed by atoms with Crippen molar-refractivity contribution in [2.45, 2.75) is 96.6 Å². The average Bonchev–Trinajstić information content (AvgIpc) is 3.11. The molecule has 0 aromatic heterocycles. The maximum Gasteiger partial charge on any atom is 0.303 e. The van der Waals surface area contributed by atoms with E-state index in [0.717, 1.165) is 16.7 Å². The summed E-state index contributed by atoms with van der Waals surface area (Å²) in [5.41, 5.74) is 5.87. The molecular weight excluding hydrogens is 650 g/mol. The Morgan fingerprint density at radius 3 is 1.86 bits per heavy atom. The van der Waals surface area contributed by atoms with Gasteiger partial charge in [0.2, 0.25) is 0 Å². The van der Waals surface area contributed by atoms with Crippen molar-refractivity contribution in [3.8, 4) is 0 Å². The third-order valence-corrected chi connectivity index (χ3v) is 8.89. The van der Waals surface area contributed by atoms with E-state index in [1.54, 1.807) is 6.61 Å². The SMILES string of the molecule is CC1(C)CC(=O)C(=C(CCCCC(=O)O)NO[C@@H]2[C@H](OCc3ccccc3)[C@@H](OCc3ccccc3)[CH]O[C@@H]2COCc2ccccc2)C(=O)C1. The number of Topliss-reactive ketones (excluding diaryl/α,β-unsaturated/α-hetero) is 2. The van der Waals surface area contributed by atoms with E-state index < -0.39 is 35.8 Å². The van der Waals surface area contributed by atoms with Gasteiger partial charge in [-0.05, 0) is 41.4 Å². The summed E-state index contributed by atoms with van der Waals surface area (Å²) in [6.45, 7) is 6.47. The number of hydrogen-bond donors (Lipinski definition) is 2. The van der Waals surface area contributed by atoms with Gasteiger partial charge in [0.05, 0.1) is 37.7 Å². The number of benzene rings is 3. The first-order valence-electron chi connectivity index (χ1n) is 17.5. The molecule has 0 unspecified atom stereocenters. The summed E-state index contributed by atoms with van der Waals surface area (Å²) < 4.78 is 25.3. The minimum absolute atomic E-state index is 0.0264. The molecule has 10 heteroatoms. The number of hydroxylamine groups is 1. The fourth-order valence-corrected chi connectivity index (χ4v) is 6.28. The van der Waals surface area contributed by atoms with Gasteiger partial charge in [-0.3, -0.25) is 24.7 Å². The molecule has 51 heavy (non-hydrogen) atoms. The molecule has 10 nitrogen and oxygen atoms in total. The van der Waals surface area contributed by atoms with Crippen LogP contribution in [0.3, 0.4) is 0 Å². The molecule has 1 radical (unpaired) electrons. The molecule has 0 bridgehead atoms. The third kappa shape index (κ3) is 11.7. The minimum atomic E-state index is -0.908. The van der Waals surface area contributed by atoms with Gasteiger partial charge in [-0.2, -0.15) is 0 Å². The van der Waals surface area contributed by atoms with Crippen LogP contribution in [0.25, 0.3) is 0 Å². The molecule has 271 valence electrons. The second-order valence-electron chi connectivity index (χ2n) is 13.8. The van der Waals surface area contributed by atoms with Crippen molar-refractivity contribution in [2.75, 3.05) is 6.61 Å². The number of ether oxygens (including phenoxy) is 4. The highest BCUT2D eigenvalue weighted by molar-refractivity contribution is 6.22. The maximum absolute atomic E-state index is 13.4. The molecule has 0 amide bonds. The van der Waals surface area contributed by atoms with Crippen molar-refractivity contribution in [3.63, 3.8) is 0 Å². The molecule has 2 fully saturated rings. The number of rotatable bonds is 18. The zero-order valence-electron chi connectivity index (χ0n) is 29.3. The second-order valence-corrected chi connectivity index (χ2v) is 13.8. The van der Waals surface area contributed by atoms with Gasteiger partial charge in [0, 0.05) is 19.3 Å². The Hall–Kier alpha value is -4.19. The predicted octanol–water partition coefficient (Wildman–Crippen LogP) is 6.68. The molecule has 5 rings (SSSR count). The fourth-order valence-electron chi connectivity index (χ4n) is 6.28. The molecule has 1 heterocycles. The highest BCUT2D eigenvalue weighted by atomic mass is 16.7. The Morgan fingerprint density at radius 2 is 1.29 bits per heavy atom. The number of allylic oxidation sites excluding steroid dienone is 2. The molecule has 4 atom stereocenters. The summed E-state index contributed by atoms with van der Waals surface area (Å²) >= 11 is 0. The number of carbonyl (C=O) groups excluding carboxylic acids is 2. The van der Waals surface area contributed by atoms with Crippen LogP contribution < -0.4 is 5.48 Å². The van der Waals surface area contributed by atoms with Crippen LogP contribution >= 0.6 is 0 Å². The van der Waals surface area contributed by atoms with Gasteiger partial charge in [0.1, 0.15) is 31.0 Å². The average molecular weight is 699 g/mol. The quantitative estimate of drug-likeness (QED) is 0.0642. The third-order valence-electron chi connectivity index (χ3n) is 8.89. The number of hydrogen-bond acceptors (Lipinski definition) is 9. The molecule has 2 N–H and O–H groups in total. The minimum Gasteiger partial charge on any atom is -0.481 e. The molecule has 1 aliphatic heterocycles.